The van der Waals surface area contributed by atoms with Gasteiger partial charge >= 0.3 is 0 Å². The molecule has 0 aromatic carbocycles. The lowest BCUT2D eigenvalue weighted by Crippen LogP contribution is -2.45. The summed E-state index contributed by atoms with van der Waals surface area (Å²) in [7, 11) is 0. The van der Waals surface area contributed by atoms with Gasteiger partial charge in [0, 0.05) is 36.2 Å². The Hall–Kier alpha value is -0.650. The van der Waals surface area contributed by atoms with Gasteiger partial charge in [-0.15, -0.1) is 11.3 Å². The predicted molar refractivity (Wildman–Crippen MR) is 80.8 cm³/mol. The molecular weight excluding hydrogens is 258 g/mol. The van der Waals surface area contributed by atoms with Gasteiger partial charge in [0.1, 0.15) is 0 Å². The van der Waals surface area contributed by atoms with Crippen LogP contribution in [-0.2, 0) is 6.54 Å². The van der Waals surface area contributed by atoms with Crippen LogP contribution in [0.4, 0.5) is 5.13 Å². The van der Waals surface area contributed by atoms with Gasteiger partial charge in [-0.1, -0.05) is 12.8 Å². The normalized spacial score (nSPS) is 17.8. The maximum Gasteiger partial charge on any atom is 0.185 e. The highest BCUT2D eigenvalue weighted by molar-refractivity contribution is 7.15. The number of aromatic nitrogens is 1. The highest BCUT2D eigenvalue weighted by Gasteiger charge is 2.32. The molecule has 1 heterocycles. The molecule has 1 fully saturated rings. The van der Waals surface area contributed by atoms with Crippen LogP contribution in [0.1, 0.15) is 44.4 Å². The number of hydrogen-bond donors (Lipinski definition) is 2. The lowest BCUT2D eigenvalue weighted by atomic mass is 9.99. The second-order valence-electron chi connectivity index (χ2n) is 5.28. The van der Waals surface area contributed by atoms with E-state index in [9.17, 15) is 5.11 Å². The zero-order valence-corrected chi connectivity index (χ0v) is 12.8. The molecule has 1 aliphatic carbocycles. The first-order valence-corrected chi connectivity index (χ1v) is 8.10. The Morgan fingerprint density at radius 3 is 2.63 bits per heavy atom. The van der Waals surface area contributed by atoms with Gasteiger partial charge in [-0.3, -0.25) is 0 Å². The summed E-state index contributed by atoms with van der Waals surface area (Å²) in [5.74, 6) is 0. The highest BCUT2D eigenvalue weighted by Crippen LogP contribution is 2.30. The van der Waals surface area contributed by atoms with Crippen LogP contribution in [0.2, 0.25) is 0 Å². The van der Waals surface area contributed by atoms with Crippen molar-refractivity contribution in [3.8, 4) is 0 Å². The van der Waals surface area contributed by atoms with Crippen LogP contribution < -0.4 is 10.2 Å². The summed E-state index contributed by atoms with van der Waals surface area (Å²) in [5.41, 5.74) is -0.0423. The fourth-order valence-corrected chi connectivity index (χ4v) is 3.71. The number of aliphatic hydroxyl groups excluding tert-OH is 1. The van der Waals surface area contributed by atoms with Gasteiger partial charge in [0.25, 0.3) is 0 Å². The summed E-state index contributed by atoms with van der Waals surface area (Å²) in [6, 6.07) is 0. The minimum Gasteiger partial charge on any atom is -0.394 e. The van der Waals surface area contributed by atoms with Gasteiger partial charge in [0.2, 0.25) is 0 Å². The molecule has 1 aromatic heterocycles. The number of anilines is 1. The Labute approximate surface area is 119 Å². The van der Waals surface area contributed by atoms with Crippen molar-refractivity contribution >= 4 is 16.5 Å². The molecule has 2 N–H and O–H groups in total. The fraction of sp³-hybridized carbons (Fsp3) is 0.786. The van der Waals surface area contributed by atoms with Gasteiger partial charge in [0.15, 0.2) is 5.13 Å². The number of nitrogens with one attached hydrogen (secondary N) is 1. The standard InChI is InChI=1S/C14H25N3OS/c1-3-17(4-2)13-15-9-12(19-13)10-16-14(11-18)7-5-6-8-14/h9,16,18H,3-8,10-11H2,1-2H3. The van der Waals surface area contributed by atoms with E-state index in [0.717, 1.165) is 37.6 Å². The predicted octanol–water partition coefficient (Wildman–Crippen LogP) is 2.38. The molecule has 0 bridgehead atoms. The lowest BCUT2D eigenvalue weighted by molar-refractivity contribution is 0.163. The average molecular weight is 283 g/mol. The van der Waals surface area contributed by atoms with Gasteiger partial charge in [-0.05, 0) is 26.7 Å². The number of thiazole rings is 1. The number of hydrogen-bond acceptors (Lipinski definition) is 5. The zero-order chi connectivity index (χ0) is 13.7. The molecule has 0 aliphatic heterocycles. The molecule has 0 saturated heterocycles. The average Bonchev–Trinajstić information content (AvgIpc) is 3.08. The second kappa shape index (κ2) is 6.68. The fourth-order valence-electron chi connectivity index (χ4n) is 2.74. The number of aliphatic hydroxyl groups is 1. The smallest absolute Gasteiger partial charge is 0.185 e. The molecule has 0 atom stereocenters. The topological polar surface area (TPSA) is 48.4 Å². The van der Waals surface area contributed by atoms with Crippen LogP contribution in [0.25, 0.3) is 0 Å². The Morgan fingerprint density at radius 2 is 2.05 bits per heavy atom. The van der Waals surface area contributed by atoms with E-state index in [1.807, 2.05) is 6.20 Å². The second-order valence-corrected chi connectivity index (χ2v) is 6.37. The molecule has 19 heavy (non-hydrogen) atoms. The molecular formula is C14H25N3OS. The maximum atomic E-state index is 9.58. The summed E-state index contributed by atoms with van der Waals surface area (Å²) >= 11 is 1.75. The molecule has 1 aromatic rings. The third-order valence-corrected chi connectivity index (χ3v) is 5.13. The molecule has 1 saturated carbocycles. The van der Waals surface area contributed by atoms with Crippen LogP contribution in [0.15, 0.2) is 6.20 Å². The van der Waals surface area contributed by atoms with Gasteiger partial charge in [-0.2, -0.15) is 0 Å². The van der Waals surface area contributed by atoms with Crippen molar-refractivity contribution in [2.24, 2.45) is 0 Å². The molecule has 0 spiro atoms. The summed E-state index contributed by atoms with van der Waals surface area (Å²) in [5, 5.41) is 14.2. The third-order valence-electron chi connectivity index (χ3n) is 4.08. The third kappa shape index (κ3) is 3.46. The summed E-state index contributed by atoms with van der Waals surface area (Å²) < 4.78 is 0. The minimum absolute atomic E-state index is 0.0423. The van der Waals surface area contributed by atoms with E-state index in [1.54, 1.807) is 11.3 Å². The van der Waals surface area contributed by atoms with Crippen LogP contribution >= 0.6 is 11.3 Å². The molecule has 108 valence electrons. The first kappa shape index (κ1) is 14.8. The van der Waals surface area contributed by atoms with Crippen LogP contribution in [0.3, 0.4) is 0 Å². The van der Waals surface area contributed by atoms with Gasteiger partial charge in [0.05, 0.1) is 6.61 Å². The van der Waals surface area contributed by atoms with Crippen molar-refractivity contribution in [1.82, 2.24) is 10.3 Å². The zero-order valence-electron chi connectivity index (χ0n) is 12.0. The largest absolute Gasteiger partial charge is 0.394 e. The van der Waals surface area contributed by atoms with E-state index in [1.165, 1.54) is 17.7 Å². The van der Waals surface area contributed by atoms with E-state index in [0.29, 0.717) is 0 Å². The molecule has 1 aliphatic rings. The lowest BCUT2D eigenvalue weighted by Gasteiger charge is -2.27. The summed E-state index contributed by atoms with van der Waals surface area (Å²) in [6.07, 6.45) is 6.59. The number of nitrogens with zero attached hydrogens (tertiary/aromatic N) is 2. The van der Waals surface area contributed by atoms with E-state index >= 15 is 0 Å². The van der Waals surface area contributed by atoms with Crippen LogP contribution in [0.5, 0.6) is 0 Å². The molecule has 5 heteroatoms. The minimum atomic E-state index is -0.0423. The van der Waals surface area contributed by atoms with E-state index in [2.05, 4.69) is 29.0 Å². The van der Waals surface area contributed by atoms with Crippen molar-refractivity contribution in [1.29, 1.82) is 0 Å². The summed E-state index contributed by atoms with van der Waals surface area (Å²) in [6.45, 7) is 7.37. The first-order chi connectivity index (χ1) is 9.23. The van der Waals surface area contributed by atoms with Crippen molar-refractivity contribution in [3.63, 3.8) is 0 Å². The Bertz CT molecular complexity index is 384. The SMILES string of the molecule is CCN(CC)c1ncc(CNC2(CO)CCCC2)s1. The van der Waals surface area contributed by atoms with Crippen molar-refractivity contribution < 1.29 is 5.11 Å². The van der Waals surface area contributed by atoms with E-state index < -0.39 is 0 Å². The van der Waals surface area contributed by atoms with Crippen LogP contribution in [0, 0.1) is 0 Å². The van der Waals surface area contributed by atoms with Crippen molar-refractivity contribution in [2.75, 3.05) is 24.6 Å². The maximum absolute atomic E-state index is 9.58. The molecule has 4 nitrogen and oxygen atoms in total. The van der Waals surface area contributed by atoms with Gasteiger partial charge < -0.3 is 15.3 Å². The Balaban J connectivity index is 1.93. The van der Waals surface area contributed by atoms with Crippen molar-refractivity contribution in [2.45, 2.75) is 51.6 Å². The first-order valence-electron chi connectivity index (χ1n) is 7.28. The Kier molecular flexibility index (Phi) is 5.19. The van der Waals surface area contributed by atoms with Crippen molar-refractivity contribution in [3.05, 3.63) is 11.1 Å². The van der Waals surface area contributed by atoms with E-state index in [4.69, 9.17) is 0 Å². The monoisotopic (exact) mass is 283 g/mol. The Morgan fingerprint density at radius 1 is 1.37 bits per heavy atom. The number of rotatable bonds is 7. The molecule has 0 amide bonds. The molecule has 2 rings (SSSR count). The summed E-state index contributed by atoms with van der Waals surface area (Å²) in [4.78, 5) is 8.01. The molecule has 0 unspecified atom stereocenters. The quantitative estimate of drug-likeness (QED) is 0.806. The van der Waals surface area contributed by atoms with E-state index in [-0.39, 0.29) is 12.1 Å². The van der Waals surface area contributed by atoms with Gasteiger partial charge in [-0.25, -0.2) is 4.98 Å². The highest BCUT2D eigenvalue weighted by atomic mass is 32.1. The molecule has 0 radical (unpaired) electrons. The van der Waals surface area contributed by atoms with Crippen LogP contribution in [-0.4, -0.2) is 35.3 Å².